The number of hydrogen-bond acceptors (Lipinski definition) is 3. The normalized spacial score (nSPS) is 15.7. The molecule has 1 aromatic carbocycles. The van der Waals surface area contributed by atoms with E-state index in [1.165, 1.54) is 0 Å². The summed E-state index contributed by atoms with van der Waals surface area (Å²) in [4.78, 5) is 15.8. The van der Waals surface area contributed by atoms with E-state index in [0.29, 0.717) is 29.9 Å². The van der Waals surface area contributed by atoms with Crippen LogP contribution in [0.2, 0.25) is 0 Å². The Morgan fingerprint density at radius 2 is 2.04 bits per heavy atom. The molecule has 1 amide bonds. The molecule has 130 valence electrons. The van der Waals surface area contributed by atoms with Gasteiger partial charge in [0.25, 0.3) is 5.91 Å². The Labute approximate surface area is 151 Å². The van der Waals surface area contributed by atoms with Crippen LogP contribution in [0.25, 0.3) is 5.57 Å². The predicted molar refractivity (Wildman–Crippen MR) is 100 cm³/mol. The lowest BCUT2D eigenvalue weighted by atomic mass is 9.94. The summed E-state index contributed by atoms with van der Waals surface area (Å²) in [6.07, 6.45) is 11.1. The SMILES string of the molecule is N#CC1=CCC=C(C2=CCCOc3ccc(C(=O)N=C(N)N)cc32)C=C1. The number of benzene rings is 1. The Hall–Kier alpha value is -3.59. The minimum atomic E-state index is -0.504. The van der Waals surface area contributed by atoms with E-state index >= 15 is 0 Å². The molecule has 3 rings (SSSR count). The van der Waals surface area contributed by atoms with E-state index in [-0.39, 0.29) is 5.96 Å². The van der Waals surface area contributed by atoms with Crippen molar-refractivity contribution >= 4 is 17.4 Å². The quantitative estimate of drug-likeness (QED) is 0.631. The predicted octanol–water partition coefficient (Wildman–Crippen LogP) is 2.60. The molecule has 1 aliphatic carbocycles. The number of nitriles is 1. The van der Waals surface area contributed by atoms with Crippen LogP contribution < -0.4 is 16.2 Å². The maximum absolute atomic E-state index is 12.2. The van der Waals surface area contributed by atoms with Crippen molar-refractivity contribution < 1.29 is 9.53 Å². The standard InChI is InChI=1S/C20H18N4O2/c21-12-13-3-1-4-14(7-6-13)16-5-2-10-26-18-9-8-15(11-17(16)18)19(25)24-20(22)23/h3-9,11H,1-2,10H2,(H4,22,23,24,25). The van der Waals surface area contributed by atoms with Crippen LogP contribution in [0.1, 0.15) is 28.8 Å². The number of aliphatic imine (C=N–C) groups is 1. The second-order valence-electron chi connectivity index (χ2n) is 5.81. The molecule has 0 aromatic heterocycles. The topological polar surface area (TPSA) is 114 Å². The van der Waals surface area contributed by atoms with E-state index in [4.69, 9.17) is 21.5 Å². The van der Waals surface area contributed by atoms with Crippen LogP contribution in [0.3, 0.4) is 0 Å². The van der Waals surface area contributed by atoms with Gasteiger partial charge in [-0.2, -0.15) is 10.3 Å². The van der Waals surface area contributed by atoms with Gasteiger partial charge in [0.2, 0.25) is 0 Å². The molecule has 1 aromatic rings. The second-order valence-corrected chi connectivity index (χ2v) is 5.81. The molecule has 2 aliphatic rings. The van der Waals surface area contributed by atoms with Gasteiger partial charge in [-0.1, -0.05) is 24.3 Å². The van der Waals surface area contributed by atoms with Gasteiger partial charge in [-0.05, 0) is 41.8 Å². The third-order valence-corrected chi connectivity index (χ3v) is 4.03. The summed E-state index contributed by atoms with van der Waals surface area (Å²) in [5.41, 5.74) is 14.3. The minimum Gasteiger partial charge on any atom is -0.493 e. The lowest BCUT2D eigenvalue weighted by Crippen LogP contribution is -2.24. The summed E-state index contributed by atoms with van der Waals surface area (Å²) in [7, 11) is 0. The Kier molecular flexibility index (Phi) is 4.99. The Bertz CT molecular complexity index is 939. The molecule has 6 nitrogen and oxygen atoms in total. The van der Waals surface area contributed by atoms with Gasteiger partial charge in [0, 0.05) is 23.1 Å². The highest BCUT2D eigenvalue weighted by Gasteiger charge is 2.18. The number of carbonyl (C=O) groups excluding carboxylic acids is 1. The average molecular weight is 346 g/mol. The fraction of sp³-hybridized carbons (Fsp3) is 0.150. The van der Waals surface area contributed by atoms with Gasteiger partial charge in [0.1, 0.15) is 5.75 Å². The summed E-state index contributed by atoms with van der Waals surface area (Å²) in [5.74, 6) is -0.0845. The van der Waals surface area contributed by atoms with Gasteiger partial charge in [0.05, 0.1) is 12.7 Å². The fourth-order valence-electron chi connectivity index (χ4n) is 2.85. The Morgan fingerprint density at radius 3 is 2.81 bits per heavy atom. The van der Waals surface area contributed by atoms with Crippen LogP contribution >= 0.6 is 0 Å². The molecule has 4 N–H and O–H groups in total. The zero-order valence-electron chi connectivity index (χ0n) is 14.1. The van der Waals surface area contributed by atoms with Gasteiger partial charge in [-0.15, -0.1) is 0 Å². The van der Waals surface area contributed by atoms with Crippen LogP contribution in [0.5, 0.6) is 5.75 Å². The third kappa shape index (κ3) is 3.73. The number of amides is 1. The number of nitrogens with zero attached hydrogens (tertiary/aromatic N) is 2. The van der Waals surface area contributed by atoms with Gasteiger partial charge in [-0.25, -0.2) is 0 Å². The van der Waals surface area contributed by atoms with Crippen LogP contribution in [0.4, 0.5) is 0 Å². The summed E-state index contributed by atoms with van der Waals surface area (Å²) >= 11 is 0. The number of rotatable bonds is 2. The van der Waals surface area contributed by atoms with Crippen molar-refractivity contribution in [3.8, 4) is 11.8 Å². The van der Waals surface area contributed by atoms with Gasteiger partial charge in [0.15, 0.2) is 5.96 Å². The van der Waals surface area contributed by atoms with Crippen LogP contribution in [0, 0.1) is 11.3 Å². The van der Waals surface area contributed by atoms with E-state index in [9.17, 15) is 4.79 Å². The largest absolute Gasteiger partial charge is 0.493 e. The number of hydrogen-bond donors (Lipinski definition) is 2. The van der Waals surface area contributed by atoms with Gasteiger partial charge < -0.3 is 16.2 Å². The molecule has 6 heteroatoms. The molecule has 0 unspecified atom stereocenters. The lowest BCUT2D eigenvalue weighted by Gasteiger charge is -2.13. The van der Waals surface area contributed by atoms with Crippen molar-refractivity contribution in [3.05, 3.63) is 70.9 Å². The number of fused-ring (bicyclic) bond motifs is 1. The molecular weight excluding hydrogens is 328 g/mol. The second kappa shape index (κ2) is 7.53. The summed E-state index contributed by atoms with van der Waals surface area (Å²) < 4.78 is 5.79. The summed E-state index contributed by atoms with van der Waals surface area (Å²) in [5, 5.41) is 9.09. The smallest absolute Gasteiger partial charge is 0.280 e. The molecule has 1 aliphatic heterocycles. The zero-order valence-corrected chi connectivity index (χ0v) is 14.1. The number of allylic oxidation sites excluding steroid dienone is 7. The highest BCUT2D eigenvalue weighted by Crippen LogP contribution is 2.36. The first-order valence-corrected chi connectivity index (χ1v) is 8.18. The number of guanidine groups is 1. The van der Waals surface area contributed by atoms with Crippen molar-refractivity contribution in [2.45, 2.75) is 12.8 Å². The van der Waals surface area contributed by atoms with Crippen molar-refractivity contribution in [2.24, 2.45) is 16.5 Å². The van der Waals surface area contributed by atoms with Gasteiger partial charge >= 0.3 is 0 Å². The van der Waals surface area contributed by atoms with E-state index in [1.54, 1.807) is 24.3 Å². The maximum Gasteiger partial charge on any atom is 0.280 e. The average Bonchev–Trinajstić information content (AvgIpc) is 2.98. The molecule has 0 saturated carbocycles. The molecule has 0 bridgehead atoms. The van der Waals surface area contributed by atoms with Crippen LogP contribution in [-0.2, 0) is 0 Å². The number of ether oxygens (including phenoxy) is 1. The first-order valence-electron chi connectivity index (χ1n) is 8.18. The third-order valence-electron chi connectivity index (χ3n) is 4.03. The van der Waals surface area contributed by atoms with Crippen molar-refractivity contribution in [1.29, 1.82) is 5.26 Å². The lowest BCUT2D eigenvalue weighted by molar-refractivity contribution is 0.100. The first kappa shape index (κ1) is 17.2. The first-order chi connectivity index (χ1) is 12.6. The zero-order chi connectivity index (χ0) is 18.5. The number of nitrogens with two attached hydrogens (primary N) is 2. The Morgan fingerprint density at radius 1 is 1.19 bits per heavy atom. The van der Waals surface area contributed by atoms with E-state index < -0.39 is 5.91 Å². The van der Waals surface area contributed by atoms with E-state index in [1.807, 2.05) is 18.2 Å². The van der Waals surface area contributed by atoms with Crippen molar-refractivity contribution in [2.75, 3.05) is 6.61 Å². The van der Waals surface area contributed by atoms with Crippen molar-refractivity contribution in [1.82, 2.24) is 0 Å². The van der Waals surface area contributed by atoms with Crippen LogP contribution in [0.15, 0.2) is 64.7 Å². The minimum absolute atomic E-state index is 0.276. The molecule has 0 spiro atoms. The van der Waals surface area contributed by atoms with E-state index in [2.05, 4.69) is 17.1 Å². The molecule has 26 heavy (non-hydrogen) atoms. The molecule has 1 heterocycles. The highest BCUT2D eigenvalue weighted by molar-refractivity contribution is 6.03. The Balaban J connectivity index is 2.04. The van der Waals surface area contributed by atoms with E-state index in [0.717, 1.165) is 23.1 Å². The van der Waals surface area contributed by atoms with Gasteiger partial charge in [-0.3, -0.25) is 4.79 Å². The molecule has 0 atom stereocenters. The molecular formula is C20H18N4O2. The summed E-state index contributed by atoms with van der Waals surface area (Å²) in [6, 6.07) is 7.29. The fourth-order valence-corrected chi connectivity index (χ4v) is 2.85. The van der Waals surface area contributed by atoms with Crippen LogP contribution in [-0.4, -0.2) is 18.5 Å². The summed E-state index contributed by atoms with van der Waals surface area (Å²) in [6.45, 7) is 0.552. The van der Waals surface area contributed by atoms with Crippen molar-refractivity contribution in [3.63, 3.8) is 0 Å². The maximum atomic E-state index is 12.2. The number of carbonyl (C=O) groups is 1. The molecule has 0 fully saturated rings. The molecule has 0 radical (unpaired) electrons. The molecule has 0 saturated heterocycles. The monoisotopic (exact) mass is 346 g/mol. The highest BCUT2D eigenvalue weighted by atomic mass is 16.5.